The summed E-state index contributed by atoms with van der Waals surface area (Å²) in [7, 11) is 0. The Labute approximate surface area is 156 Å². The van der Waals surface area contributed by atoms with Crippen LogP contribution in [0.1, 0.15) is 51.4 Å². The lowest BCUT2D eigenvalue weighted by Crippen LogP contribution is -2.40. The van der Waals surface area contributed by atoms with Gasteiger partial charge in [0, 0.05) is 31.7 Å². The molecular formula is C20H30N2O4. The van der Waals surface area contributed by atoms with Gasteiger partial charge in [0.05, 0.1) is 6.10 Å². The standard InChI is InChI=1S/C20H30N2O4/c1-15(2)25-17-9-7-16(8-10-17)18(23)21-11-6-12-22(14-13-21)19(24)26-20(3,4)5/h7-10,15H,6,11-14H2,1-5H3. The fourth-order valence-corrected chi connectivity index (χ4v) is 2.76. The Hall–Kier alpha value is -2.24. The lowest BCUT2D eigenvalue weighted by Gasteiger charge is -2.26. The molecular weight excluding hydrogens is 332 g/mol. The van der Waals surface area contributed by atoms with Crippen molar-refractivity contribution >= 4 is 12.0 Å². The Morgan fingerprint density at radius 2 is 1.54 bits per heavy atom. The summed E-state index contributed by atoms with van der Waals surface area (Å²) in [6.45, 7) is 11.7. The molecule has 0 N–H and O–H groups in total. The van der Waals surface area contributed by atoms with Crippen molar-refractivity contribution in [3.8, 4) is 5.75 Å². The maximum absolute atomic E-state index is 12.7. The number of carbonyl (C=O) groups is 2. The summed E-state index contributed by atoms with van der Waals surface area (Å²) >= 11 is 0. The quantitative estimate of drug-likeness (QED) is 0.825. The van der Waals surface area contributed by atoms with Crippen molar-refractivity contribution in [2.24, 2.45) is 0 Å². The zero-order chi connectivity index (χ0) is 19.3. The molecule has 0 spiro atoms. The van der Waals surface area contributed by atoms with Gasteiger partial charge >= 0.3 is 6.09 Å². The van der Waals surface area contributed by atoms with E-state index < -0.39 is 5.60 Å². The minimum absolute atomic E-state index is 0.0212. The van der Waals surface area contributed by atoms with Crippen LogP contribution < -0.4 is 4.74 Å². The molecule has 26 heavy (non-hydrogen) atoms. The smallest absolute Gasteiger partial charge is 0.410 e. The summed E-state index contributed by atoms with van der Waals surface area (Å²) in [5, 5.41) is 0. The summed E-state index contributed by atoms with van der Waals surface area (Å²) in [5.74, 6) is 0.732. The Kier molecular flexibility index (Phi) is 6.51. The van der Waals surface area contributed by atoms with Crippen molar-refractivity contribution in [2.45, 2.75) is 52.7 Å². The summed E-state index contributed by atoms with van der Waals surface area (Å²) < 4.78 is 11.0. The molecule has 144 valence electrons. The molecule has 1 aromatic carbocycles. The topological polar surface area (TPSA) is 59.1 Å². The van der Waals surface area contributed by atoms with Crippen LogP contribution in [0, 0.1) is 0 Å². The second kappa shape index (κ2) is 8.43. The van der Waals surface area contributed by atoms with Crippen LogP contribution in [0.5, 0.6) is 5.75 Å². The van der Waals surface area contributed by atoms with Crippen LogP contribution in [0.15, 0.2) is 24.3 Å². The molecule has 0 aliphatic carbocycles. The Morgan fingerprint density at radius 3 is 2.12 bits per heavy atom. The summed E-state index contributed by atoms with van der Waals surface area (Å²) in [6.07, 6.45) is 0.516. The minimum Gasteiger partial charge on any atom is -0.491 e. The van der Waals surface area contributed by atoms with Gasteiger partial charge in [0.15, 0.2) is 0 Å². The molecule has 0 radical (unpaired) electrons. The second-order valence-electron chi connectivity index (χ2n) is 7.80. The Bertz CT molecular complexity index is 620. The highest BCUT2D eigenvalue weighted by atomic mass is 16.6. The van der Waals surface area contributed by atoms with Crippen LogP contribution in [0.4, 0.5) is 4.79 Å². The molecule has 2 rings (SSSR count). The van der Waals surface area contributed by atoms with Crippen molar-refractivity contribution in [3.63, 3.8) is 0 Å². The Morgan fingerprint density at radius 1 is 0.962 bits per heavy atom. The van der Waals surface area contributed by atoms with Crippen molar-refractivity contribution in [3.05, 3.63) is 29.8 Å². The van der Waals surface area contributed by atoms with Crippen molar-refractivity contribution in [1.82, 2.24) is 9.80 Å². The maximum Gasteiger partial charge on any atom is 0.410 e. The number of amides is 2. The van der Waals surface area contributed by atoms with E-state index in [1.807, 2.05) is 46.8 Å². The van der Waals surface area contributed by atoms with Gasteiger partial charge in [-0.1, -0.05) is 0 Å². The summed E-state index contributed by atoms with van der Waals surface area (Å²) in [4.78, 5) is 28.4. The van der Waals surface area contributed by atoms with Gasteiger partial charge in [0.2, 0.25) is 0 Å². The van der Waals surface area contributed by atoms with E-state index in [0.717, 1.165) is 12.2 Å². The van der Waals surface area contributed by atoms with Crippen LogP contribution in [0.25, 0.3) is 0 Å². The molecule has 1 aliphatic heterocycles. The summed E-state index contributed by atoms with van der Waals surface area (Å²) in [6, 6.07) is 7.21. The van der Waals surface area contributed by atoms with Crippen LogP contribution in [0.2, 0.25) is 0 Å². The monoisotopic (exact) mass is 362 g/mol. The SMILES string of the molecule is CC(C)Oc1ccc(C(=O)N2CCCN(C(=O)OC(C)(C)C)CC2)cc1. The predicted octanol–water partition coefficient (Wildman–Crippen LogP) is 3.56. The van der Waals surface area contributed by atoms with Gasteiger partial charge in [-0.15, -0.1) is 0 Å². The molecule has 6 nitrogen and oxygen atoms in total. The molecule has 1 fully saturated rings. The number of rotatable bonds is 3. The normalized spacial score (nSPS) is 15.6. The molecule has 0 unspecified atom stereocenters. The van der Waals surface area contributed by atoms with Crippen LogP contribution in [0.3, 0.4) is 0 Å². The third kappa shape index (κ3) is 5.93. The first-order valence-corrected chi connectivity index (χ1v) is 9.19. The first-order valence-electron chi connectivity index (χ1n) is 9.19. The van der Waals surface area contributed by atoms with Gasteiger partial charge in [-0.25, -0.2) is 4.79 Å². The third-order valence-electron chi connectivity index (χ3n) is 3.91. The average molecular weight is 362 g/mol. The highest BCUT2D eigenvalue weighted by molar-refractivity contribution is 5.94. The largest absolute Gasteiger partial charge is 0.491 e. The number of ether oxygens (including phenoxy) is 2. The molecule has 1 aromatic rings. The lowest BCUT2D eigenvalue weighted by atomic mass is 10.2. The number of nitrogens with zero attached hydrogens (tertiary/aromatic N) is 2. The van der Waals surface area contributed by atoms with Crippen LogP contribution >= 0.6 is 0 Å². The zero-order valence-electron chi connectivity index (χ0n) is 16.4. The van der Waals surface area contributed by atoms with E-state index in [1.54, 1.807) is 21.9 Å². The lowest BCUT2D eigenvalue weighted by molar-refractivity contribution is 0.0255. The predicted molar refractivity (Wildman–Crippen MR) is 101 cm³/mol. The second-order valence-corrected chi connectivity index (χ2v) is 7.80. The van der Waals surface area contributed by atoms with Gasteiger partial charge in [0.1, 0.15) is 11.4 Å². The zero-order valence-corrected chi connectivity index (χ0v) is 16.4. The number of benzene rings is 1. The van der Waals surface area contributed by atoms with Crippen LogP contribution in [-0.4, -0.2) is 59.7 Å². The van der Waals surface area contributed by atoms with Gasteiger partial charge in [-0.05, 0) is 65.3 Å². The molecule has 2 amide bonds. The van der Waals surface area contributed by atoms with E-state index >= 15 is 0 Å². The van der Waals surface area contributed by atoms with E-state index in [-0.39, 0.29) is 18.1 Å². The highest BCUT2D eigenvalue weighted by Gasteiger charge is 2.26. The van der Waals surface area contributed by atoms with E-state index in [1.165, 1.54) is 0 Å². The number of hydrogen-bond acceptors (Lipinski definition) is 4. The summed E-state index contributed by atoms with van der Waals surface area (Å²) in [5.41, 5.74) is 0.116. The molecule has 1 aliphatic rings. The number of hydrogen-bond donors (Lipinski definition) is 0. The van der Waals surface area contributed by atoms with Gasteiger partial charge in [-0.3, -0.25) is 4.79 Å². The molecule has 6 heteroatoms. The maximum atomic E-state index is 12.7. The van der Waals surface area contributed by atoms with E-state index in [9.17, 15) is 9.59 Å². The Balaban J connectivity index is 1.95. The molecule has 0 bridgehead atoms. The first-order chi connectivity index (χ1) is 12.2. The molecule has 1 heterocycles. The van der Waals surface area contributed by atoms with Crippen molar-refractivity contribution < 1.29 is 19.1 Å². The average Bonchev–Trinajstić information content (AvgIpc) is 2.79. The van der Waals surface area contributed by atoms with Crippen molar-refractivity contribution in [1.29, 1.82) is 0 Å². The molecule has 0 saturated carbocycles. The first kappa shape index (κ1) is 20.1. The van der Waals surface area contributed by atoms with Gasteiger partial charge in [-0.2, -0.15) is 0 Å². The molecule has 0 aromatic heterocycles. The molecule has 0 atom stereocenters. The van der Waals surface area contributed by atoms with E-state index in [2.05, 4.69) is 0 Å². The van der Waals surface area contributed by atoms with Crippen molar-refractivity contribution in [2.75, 3.05) is 26.2 Å². The van der Waals surface area contributed by atoms with Crippen LogP contribution in [-0.2, 0) is 4.74 Å². The third-order valence-corrected chi connectivity index (χ3v) is 3.91. The van der Waals surface area contributed by atoms with Gasteiger partial charge in [0.25, 0.3) is 5.91 Å². The fourth-order valence-electron chi connectivity index (χ4n) is 2.76. The van der Waals surface area contributed by atoms with E-state index in [0.29, 0.717) is 31.7 Å². The minimum atomic E-state index is -0.515. The number of carbonyl (C=O) groups excluding carboxylic acids is 2. The highest BCUT2D eigenvalue weighted by Crippen LogP contribution is 2.17. The van der Waals surface area contributed by atoms with E-state index in [4.69, 9.17) is 9.47 Å². The fraction of sp³-hybridized carbons (Fsp3) is 0.600. The molecule has 1 saturated heterocycles. The van der Waals surface area contributed by atoms with Gasteiger partial charge < -0.3 is 19.3 Å².